The maximum absolute atomic E-state index is 2.52. The number of fused-ring (bicyclic) bond motifs is 8. The van der Waals surface area contributed by atoms with Crippen molar-refractivity contribution in [2.45, 2.75) is 12.3 Å². The van der Waals surface area contributed by atoms with E-state index in [-0.39, 0.29) is 5.92 Å². The minimum atomic E-state index is 0.282. The van der Waals surface area contributed by atoms with E-state index in [4.69, 9.17) is 0 Å². The number of allylic oxidation sites excluding steroid dienone is 1. The minimum Gasteiger partial charge on any atom is -0.310 e. The van der Waals surface area contributed by atoms with Gasteiger partial charge < -0.3 is 4.57 Å². The molecule has 0 amide bonds. The second-order valence-electron chi connectivity index (χ2n) is 17.1. The molecule has 10 aromatic carbocycles. The Labute approximate surface area is 376 Å². The molecule has 0 aliphatic heterocycles. The van der Waals surface area contributed by atoms with E-state index in [9.17, 15) is 0 Å². The number of para-hydroxylation sites is 1. The summed E-state index contributed by atoms with van der Waals surface area (Å²) in [6.07, 6.45) is 5.82. The van der Waals surface area contributed by atoms with Crippen LogP contribution in [-0.4, -0.2) is 4.57 Å². The van der Waals surface area contributed by atoms with E-state index >= 15 is 0 Å². The van der Waals surface area contributed by atoms with Gasteiger partial charge >= 0.3 is 0 Å². The molecule has 2 heterocycles. The Hall–Kier alpha value is -7.78. The third-order valence-corrected chi connectivity index (χ3v) is 14.8. The van der Waals surface area contributed by atoms with Gasteiger partial charge in [-0.2, -0.15) is 0 Å². The van der Waals surface area contributed by atoms with E-state index in [1.54, 1.807) is 0 Å². The third-order valence-electron chi connectivity index (χ3n) is 13.5. The first-order valence-electron chi connectivity index (χ1n) is 22.3. The van der Waals surface area contributed by atoms with E-state index in [0.717, 1.165) is 6.42 Å². The number of rotatable bonds is 6. The molecule has 1 nitrogen and oxygen atoms in total. The predicted molar refractivity (Wildman–Crippen MR) is 275 cm³/mol. The van der Waals surface area contributed by atoms with Gasteiger partial charge in [-0.1, -0.05) is 188 Å². The van der Waals surface area contributed by atoms with Crippen LogP contribution >= 0.6 is 11.3 Å². The van der Waals surface area contributed by atoms with Crippen LogP contribution in [0.4, 0.5) is 0 Å². The van der Waals surface area contributed by atoms with Gasteiger partial charge in [0.25, 0.3) is 0 Å². The van der Waals surface area contributed by atoms with Gasteiger partial charge in [-0.05, 0) is 126 Å². The molecule has 0 bridgehead atoms. The molecule has 0 fully saturated rings. The van der Waals surface area contributed by atoms with Crippen molar-refractivity contribution >= 4 is 70.0 Å². The SMILES string of the molecule is C1=CC(c2cccc3c2sc2ccccc23)Cc2c1n(-c1ccc3c(-c4cccc(-c5ccccc5)c4)c4ccccc4c(-c4cccc(-c5ccccc5)c4)c3c1)c1ccccc21. The average Bonchev–Trinajstić information content (AvgIpc) is 3.92. The first kappa shape index (κ1) is 36.8. The summed E-state index contributed by atoms with van der Waals surface area (Å²) in [6.45, 7) is 0. The van der Waals surface area contributed by atoms with E-state index in [2.05, 4.69) is 235 Å². The van der Waals surface area contributed by atoms with E-state index in [0.29, 0.717) is 0 Å². The molecule has 13 rings (SSSR count). The normalized spacial score (nSPS) is 13.7. The quantitative estimate of drug-likeness (QED) is 0.147. The van der Waals surface area contributed by atoms with Crippen molar-refractivity contribution in [3.63, 3.8) is 0 Å². The number of nitrogens with zero attached hydrogens (tertiary/aromatic N) is 1. The topological polar surface area (TPSA) is 4.93 Å². The molecule has 2 heteroatoms. The van der Waals surface area contributed by atoms with Gasteiger partial charge in [0.15, 0.2) is 0 Å². The highest BCUT2D eigenvalue weighted by atomic mass is 32.1. The molecule has 1 unspecified atom stereocenters. The molecule has 0 N–H and O–H groups in total. The van der Waals surface area contributed by atoms with E-state index < -0.39 is 0 Å². The Bertz CT molecular complexity index is 3810. The van der Waals surface area contributed by atoms with Crippen molar-refractivity contribution in [3.05, 3.63) is 241 Å². The van der Waals surface area contributed by atoms with Crippen molar-refractivity contribution in [1.29, 1.82) is 0 Å². The summed E-state index contributed by atoms with van der Waals surface area (Å²) >= 11 is 1.93. The van der Waals surface area contributed by atoms with Crippen LogP contribution in [0.25, 0.3) is 109 Å². The van der Waals surface area contributed by atoms with Gasteiger partial charge in [-0.15, -0.1) is 11.3 Å². The van der Waals surface area contributed by atoms with Gasteiger partial charge in [0.2, 0.25) is 0 Å². The Balaban J connectivity index is 1.04. The number of hydrogen-bond acceptors (Lipinski definition) is 1. The number of hydrogen-bond donors (Lipinski definition) is 0. The molecule has 2 aromatic heterocycles. The van der Waals surface area contributed by atoms with Crippen LogP contribution in [0.3, 0.4) is 0 Å². The van der Waals surface area contributed by atoms with Crippen LogP contribution in [0.2, 0.25) is 0 Å². The molecule has 1 aliphatic rings. The van der Waals surface area contributed by atoms with Gasteiger partial charge in [-0.3, -0.25) is 0 Å². The van der Waals surface area contributed by atoms with Crippen LogP contribution in [0.5, 0.6) is 0 Å². The number of benzene rings is 10. The predicted octanol–water partition coefficient (Wildman–Crippen LogP) is 17.3. The van der Waals surface area contributed by atoms with Crippen LogP contribution in [0.1, 0.15) is 22.7 Å². The molecular weight excluding hydrogens is 791 g/mol. The molecule has 12 aromatic rings. The summed E-state index contributed by atoms with van der Waals surface area (Å²) in [5.41, 5.74) is 16.3. The first-order valence-corrected chi connectivity index (χ1v) is 23.1. The zero-order chi connectivity index (χ0) is 42.1. The van der Waals surface area contributed by atoms with Crippen molar-refractivity contribution in [2.75, 3.05) is 0 Å². The Kier molecular flexibility index (Phi) is 8.60. The molecule has 64 heavy (non-hydrogen) atoms. The highest BCUT2D eigenvalue weighted by Gasteiger charge is 2.26. The zero-order valence-electron chi connectivity index (χ0n) is 35.1. The average molecular weight is 832 g/mol. The van der Waals surface area contributed by atoms with Crippen molar-refractivity contribution < 1.29 is 0 Å². The highest BCUT2D eigenvalue weighted by Crippen LogP contribution is 2.47. The Morgan fingerprint density at radius 2 is 0.922 bits per heavy atom. The lowest BCUT2D eigenvalue weighted by Crippen LogP contribution is -2.07. The minimum absolute atomic E-state index is 0.282. The van der Waals surface area contributed by atoms with Gasteiger partial charge in [0.05, 0.1) is 5.52 Å². The van der Waals surface area contributed by atoms with Gasteiger partial charge in [-0.25, -0.2) is 0 Å². The lowest BCUT2D eigenvalue weighted by molar-refractivity contribution is 0.833. The molecule has 1 aliphatic carbocycles. The monoisotopic (exact) mass is 831 g/mol. The highest BCUT2D eigenvalue weighted by molar-refractivity contribution is 7.26. The van der Waals surface area contributed by atoms with Crippen LogP contribution in [-0.2, 0) is 6.42 Å². The second-order valence-corrected chi connectivity index (χ2v) is 18.2. The molecule has 0 spiro atoms. The van der Waals surface area contributed by atoms with Crippen LogP contribution < -0.4 is 0 Å². The van der Waals surface area contributed by atoms with E-state index in [1.807, 2.05) is 11.3 Å². The Morgan fingerprint density at radius 3 is 1.62 bits per heavy atom. The summed E-state index contributed by atoms with van der Waals surface area (Å²) in [7, 11) is 0. The van der Waals surface area contributed by atoms with Crippen molar-refractivity contribution in [1.82, 2.24) is 4.57 Å². The van der Waals surface area contributed by atoms with Crippen LogP contribution in [0, 0.1) is 0 Å². The molecular formula is C62H41NS. The maximum Gasteiger partial charge on any atom is 0.0537 e. The van der Waals surface area contributed by atoms with Crippen molar-refractivity contribution in [3.8, 4) is 50.2 Å². The Morgan fingerprint density at radius 1 is 0.391 bits per heavy atom. The standard InChI is InChI=1S/C62H41NS/c1-3-16-40(17-4-1)42-20-13-22-45(36-42)60-51-26-7-8-27-52(51)61(46-23-14-21-43(37-46)41-18-5-2-6-19-41)56-39-47(33-34-53(56)60)63-57-30-11-9-24-49(57)55-38-44(32-35-58(55)63)48-28-15-29-54-50-25-10-12-31-59(50)64-62(48)54/h1-37,39,44H,38H2. The fourth-order valence-corrected chi connectivity index (χ4v) is 11.9. The lowest BCUT2D eigenvalue weighted by Gasteiger charge is -2.21. The molecule has 1 atom stereocenters. The first-order chi connectivity index (χ1) is 31.7. The molecule has 0 radical (unpaired) electrons. The number of thiophene rings is 1. The van der Waals surface area contributed by atoms with E-state index in [1.165, 1.54) is 120 Å². The van der Waals surface area contributed by atoms with Crippen molar-refractivity contribution in [2.24, 2.45) is 0 Å². The second kappa shape index (κ2) is 14.9. The summed E-state index contributed by atoms with van der Waals surface area (Å²) in [5.74, 6) is 0.282. The molecule has 0 saturated heterocycles. The maximum atomic E-state index is 2.52. The zero-order valence-corrected chi connectivity index (χ0v) is 35.9. The smallest absolute Gasteiger partial charge is 0.0537 e. The fourth-order valence-electron chi connectivity index (χ4n) is 10.7. The van der Waals surface area contributed by atoms with Gasteiger partial charge in [0.1, 0.15) is 0 Å². The summed E-state index contributed by atoms with van der Waals surface area (Å²) in [5, 5.41) is 9.01. The third kappa shape index (κ3) is 5.91. The lowest BCUT2D eigenvalue weighted by atomic mass is 9.84. The summed E-state index contributed by atoms with van der Waals surface area (Å²) in [6, 6.07) is 80.7. The number of aromatic nitrogens is 1. The summed E-state index contributed by atoms with van der Waals surface area (Å²) in [4.78, 5) is 0. The van der Waals surface area contributed by atoms with Gasteiger partial charge in [0, 0.05) is 42.9 Å². The largest absolute Gasteiger partial charge is 0.310 e. The molecule has 300 valence electrons. The molecule has 0 saturated carbocycles. The summed E-state index contributed by atoms with van der Waals surface area (Å²) < 4.78 is 5.27. The van der Waals surface area contributed by atoms with Crippen LogP contribution in [0.15, 0.2) is 224 Å². The fraction of sp³-hybridized carbons (Fsp3) is 0.0323.